The van der Waals surface area contributed by atoms with Gasteiger partial charge in [-0.25, -0.2) is 0 Å². The number of likely N-dealkylation sites (tertiary alicyclic amines) is 1. The van der Waals surface area contributed by atoms with Crippen LogP contribution in [-0.2, 0) is 11.2 Å². The summed E-state index contributed by atoms with van der Waals surface area (Å²) in [4.78, 5) is 2.56. The van der Waals surface area contributed by atoms with Crippen molar-refractivity contribution in [1.29, 1.82) is 0 Å². The molecule has 35 heavy (non-hydrogen) atoms. The summed E-state index contributed by atoms with van der Waals surface area (Å²) < 4.78 is 13.4. The van der Waals surface area contributed by atoms with Crippen LogP contribution < -0.4 is 10.5 Å². The van der Waals surface area contributed by atoms with Crippen LogP contribution in [0.2, 0.25) is 0 Å². The Bertz CT molecular complexity index is 1210. The van der Waals surface area contributed by atoms with E-state index in [2.05, 4.69) is 81.1 Å². The lowest BCUT2D eigenvalue weighted by atomic mass is 9.91. The fourth-order valence-corrected chi connectivity index (χ4v) is 6.43. The van der Waals surface area contributed by atoms with E-state index in [1.165, 1.54) is 38.9 Å². The monoisotopic (exact) mass is 468 g/mol. The smallest absolute Gasteiger partial charge is 0.127 e. The van der Waals surface area contributed by atoms with Crippen LogP contribution in [0.15, 0.2) is 48.5 Å². The van der Waals surface area contributed by atoms with Crippen LogP contribution in [0.3, 0.4) is 0 Å². The number of hydrogen-bond donors (Lipinski definition) is 1. The van der Waals surface area contributed by atoms with Crippen molar-refractivity contribution in [2.24, 2.45) is 0 Å². The van der Waals surface area contributed by atoms with Crippen molar-refractivity contribution in [1.82, 2.24) is 4.90 Å². The molecule has 3 aromatic rings. The number of piperidine rings is 1. The zero-order chi connectivity index (χ0) is 24.3. The summed E-state index contributed by atoms with van der Waals surface area (Å²) in [5, 5.41) is 0. The van der Waals surface area contributed by atoms with Crippen LogP contribution in [0.5, 0.6) is 5.75 Å². The Kier molecular flexibility index (Phi) is 5.43. The van der Waals surface area contributed by atoms with Crippen LogP contribution in [0.25, 0.3) is 11.1 Å². The van der Waals surface area contributed by atoms with Crippen molar-refractivity contribution in [3.05, 3.63) is 81.9 Å². The van der Waals surface area contributed by atoms with Crippen LogP contribution in [0.4, 0.5) is 5.69 Å². The molecule has 0 bridgehead atoms. The molecule has 0 amide bonds. The number of benzene rings is 3. The second-order valence-corrected chi connectivity index (χ2v) is 11.0. The summed E-state index contributed by atoms with van der Waals surface area (Å²) in [6, 6.07) is 17.4. The molecule has 4 heteroatoms. The topological polar surface area (TPSA) is 47.7 Å². The number of nitrogens with zero attached hydrogens (tertiary/aromatic N) is 1. The number of ether oxygens (including phenoxy) is 2. The average molecular weight is 469 g/mol. The maximum absolute atomic E-state index is 6.79. The molecule has 6 rings (SSSR count). The molecule has 0 radical (unpaired) electrons. The lowest BCUT2D eigenvalue weighted by molar-refractivity contribution is -0.0361. The van der Waals surface area contributed by atoms with Crippen molar-refractivity contribution >= 4 is 5.69 Å². The maximum Gasteiger partial charge on any atom is 0.127 e. The average Bonchev–Trinajstić information content (AvgIpc) is 3.38. The minimum absolute atomic E-state index is 0.0452. The van der Waals surface area contributed by atoms with Crippen LogP contribution in [0.1, 0.15) is 59.3 Å². The van der Waals surface area contributed by atoms with Crippen molar-refractivity contribution in [2.45, 2.75) is 64.8 Å². The molecule has 0 saturated carbocycles. The van der Waals surface area contributed by atoms with Gasteiger partial charge in [-0.05, 0) is 79.5 Å². The SMILES string of the molecule is Cc1c(C)c2c(c(C)c1N)CC(C)(CN1CCC(OC3c4ccccc4-c4ccccc43)CC1)O2. The largest absolute Gasteiger partial charge is 0.485 e. The van der Waals surface area contributed by atoms with E-state index >= 15 is 0 Å². The van der Waals surface area contributed by atoms with Gasteiger partial charge in [-0.15, -0.1) is 0 Å². The Morgan fingerprint density at radius 3 is 2.14 bits per heavy atom. The molecule has 4 nitrogen and oxygen atoms in total. The molecule has 0 spiro atoms. The van der Waals surface area contributed by atoms with Crippen LogP contribution in [0, 0.1) is 20.8 Å². The molecule has 0 aromatic heterocycles. The molecule has 2 N–H and O–H groups in total. The summed E-state index contributed by atoms with van der Waals surface area (Å²) in [5.74, 6) is 1.06. The molecule has 1 fully saturated rings. The van der Waals surface area contributed by atoms with E-state index in [0.29, 0.717) is 0 Å². The predicted molar refractivity (Wildman–Crippen MR) is 142 cm³/mol. The minimum Gasteiger partial charge on any atom is -0.485 e. The van der Waals surface area contributed by atoms with Crippen molar-refractivity contribution in [3.63, 3.8) is 0 Å². The standard InChI is InChI=1S/C31H36N2O2/c1-19-20(2)29-27(21(3)28(19)32)17-31(4,35-29)18-33-15-13-22(14-16-33)34-30-25-11-7-5-9-23(25)24-10-6-8-12-26(24)30/h5-12,22,30H,13-18,32H2,1-4H3. The molecule has 1 saturated heterocycles. The second kappa shape index (κ2) is 8.39. The van der Waals surface area contributed by atoms with E-state index in [0.717, 1.165) is 55.9 Å². The first kappa shape index (κ1) is 22.6. The Labute approximate surface area is 209 Å². The van der Waals surface area contributed by atoms with Gasteiger partial charge in [0.25, 0.3) is 0 Å². The van der Waals surface area contributed by atoms with Gasteiger partial charge >= 0.3 is 0 Å². The van der Waals surface area contributed by atoms with Gasteiger partial charge in [0, 0.05) is 37.3 Å². The summed E-state index contributed by atoms with van der Waals surface area (Å²) >= 11 is 0. The fraction of sp³-hybridized carbons (Fsp3) is 0.419. The van der Waals surface area contributed by atoms with Crippen LogP contribution in [-0.4, -0.2) is 36.2 Å². The maximum atomic E-state index is 6.79. The van der Waals surface area contributed by atoms with E-state index < -0.39 is 0 Å². The summed E-state index contributed by atoms with van der Waals surface area (Å²) in [5.41, 5.74) is 17.2. The van der Waals surface area contributed by atoms with Gasteiger partial charge in [-0.3, -0.25) is 4.90 Å². The lowest BCUT2D eigenvalue weighted by Crippen LogP contribution is -2.48. The molecule has 182 valence electrons. The Balaban J connectivity index is 1.11. The second-order valence-electron chi connectivity index (χ2n) is 11.0. The Morgan fingerprint density at radius 1 is 0.914 bits per heavy atom. The first-order valence-corrected chi connectivity index (χ1v) is 13.0. The molecule has 3 aliphatic rings. The lowest BCUT2D eigenvalue weighted by Gasteiger charge is -2.37. The van der Waals surface area contributed by atoms with Crippen molar-refractivity contribution < 1.29 is 9.47 Å². The normalized spacial score (nSPS) is 22.1. The fourth-order valence-electron chi connectivity index (χ4n) is 6.43. The molecule has 1 unspecified atom stereocenters. The predicted octanol–water partition coefficient (Wildman–Crippen LogP) is 6.14. The van der Waals surface area contributed by atoms with Gasteiger partial charge in [-0.2, -0.15) is 0 Å². The van der Waals surface area contributed by atoms with Gasteiger partial charge < -0.3 is 15.2 Å². The Morgan fingerprint density at radius 2 is 1.51 bits per heavy atom. The molecule has 2 aliphatic heterocycles. The van der Waals surface area contributed by atoms with Gasteiger partial charge in [-0.1, -0.05) is 48.5 Å². The molecule has 1 aliphatic carbocycles. The zero-order valence-electron chi connectivity index (χ0n) is 21.4. The number of hydrogen-bond acceptors (Lipinski definition) is 4. The number of rotatable bonds is 4. The highest BCUT2D eigenvalue weighted by atomic mass is 16.5. The first-order valence-electron chi connectivity index (χ1n) is 13.0. The van der Waals surface area contributed by atoms with Crippen molar-refractivity contribution in [2.75, 3.05) is 25.4 Å². The van der Waals surface area contributed by atoms with Gasteiger partial charge in [0.1, 0.15) is 17.5 Å². The minimum atomic E-state index is -0.213. The zero-order valence-corrected chi connectivity index (χ0v) is 21.4. The first-order chi connectivity index (χ1) is 16.8. The summed E-state index contributed by atoms with van der Waals surface area (Å²) in [7, 11) is 0. The third-order valence-electron chi connectivity index (χ3n) is 8.53. The van der Waals surface area contributed by atoms with Crippen molar-refractivity contribution in [3.8, 4) is 16.9 Å². The van der Waals surface area contributed by atoms with E-state index in [-0.39, 0.29) is 17.8 Å². The Hall–Kier alpha value is -2.82. The number of nitrogens with two attached hydrogens (primary N) is 1. The molecular weight excluding hydrogens is 432 g/mol. The summed E-state index contributed by atoms with van der Waals surface area (Å²) in [6.45, 7) is 11.6. The van der Waals surface area contributed by atoms with Crippen LogP contribution >= 0.6 is 0 Å². The highest BCUT2D eigenvalue weighted by molar-refractivity contribution is 5.78. The molecule has 3 aromatic carbocycles. The third-order valence-corrected chi connectivity index (χ3v) is 8.53. The van der Waals surface area contributed by atoms with Gasteiger partial charge in [0.2, 0.25) is 0 Å². The third kappa shape index (κ3) is 3.75. The quantitative estimate of drug-likeness (QED) is 0.467. The molecule has 1 atom stereocenters. The van der Waals surface area contributed by atoms with E-state index in [1.54, 1.807) is 0 Å². The summed E-state index contributed by atoms with van der Waals surface area (Å²) in [6.07, 6.45) is 3.34. The van der Waals surface area contributed by atoms with E-state index in [1.807, 2.05) is 0 Å². The molecule has 2 heterocycles. The number of anilines is 1. The van der Waals surface area contributed by atoms with E-state index in [4.69, 9.17) is 15.2 Å². The highest BCUT2D eigenvalue weighted by Gasteiger charge is 2.40. The number of nitrogen functional groups attached to an aromatic ring is 1. The molecular formula is C31H36N2O2. The van der Waals surface area contributed by atoms with Gasteiger partial charge in [0.15, 0.2) is 0 Å². The number of fused-ring (bicyclic) bond motifs is 4. The van der Waals surface area contributed by atoms with Gasteiger partial charge in [0.05, 0.1) is 6.10 Å². The van der Waals surface area contributed by atoms with E-state index in [9.17, 15) is 0 Å². The highest BCUT2D eigenvalue weighted by Crippen LogP contribution is 2.47.